The van der Waals surface area contributed by atoms with E-state index in [1.165, 1.54) is 6.92 Å². The van der Waals surface area contributed by atoms with Crippen LogP contribution in [0.5, 0.6) is 5.75 Å². The zero-order valence-corrected chi connectivity index (χ0v) is 9.51. The smallest absolute Gasteiger partial charge is 0.406 e. The number of alkyl halides is 3. The molecule has 0 amide bonds. The lowest BCUT2D eigenvalue weighted by Gasteiger charge is -2.09. The maximum atomic E-state index is 11.8. The summed E-state index contributed by atoms with van der Waals surface area (Å²) in [6.45, 7) is 1.43. The maximum absolute atomic E-state index is 11.8. The molecule has 0 aliphatic rings. The molecule has 0 bridgehead atoms. The fourth-order valence-electron chi connectivity index (χ4n) is 1.03. The van der Waals surface area contributed by atoms with Crippen LogP contribution >= 0.6 is 0 Å². The fourth-order valence-corrected chi connectivity index (χ4v) is 1.95. The zero-order chi connectivity index (χ0) is 13.1. The first kappa shape index (κ1) is 13.8. The van der Waals surface area contributed by atoms with Gasteiger partial charge in [0, 0.05) is 0 Å². The molecule has 0 aliphatic heterocycles. The molecule has 0 saturated carbocycles. The van der Waals surface area contributed by atoms with Gasteiger partial charge >= 0.3 is 6.36 Å². The van der Waals surface area contributed by atoms with Crippen molar-refractivity contribution in [2.24, 2.45) is 0 Å². The Morgan fingerprint density at radius 2 is 1.71 bits per heavy atom. The third-order valence-corrected chi connectivity index (χ3v) is 3.01. The van der Waals surface area contributed by atoms with Gasteiger partial charge in [0.1, 0.15) is 5.75 Å². The molecule has 0 atom stereocenters. The maximum Gasteiger partial charge on any atom is 0.573 e. The molecular weight excluding hydrogens is 261 g/mol. The minimum absolute atomic E-state index is 0.0524. The molecule has 0 fully saturated rings. The summed E-state index contributed by atoms with van der Waals surface area (Å²) >= 11 is 0. The second kappa shape index (κ2) is 4.92. The van der Waals surface area contributed by atoms with Gasteiger partial charge in [0.05, 0.1) is 11.5 Å². The second-order valence-corrected chi connectivity index (χ2v) is 4.50. The second-order valence-electron chi connectivity index (χ2n) is 2.88. The lowest BCUT2D eigenvalue weighted by atomic mass is 10.3. The molecule has 0 heterocycles. The number of rotatable bonds is 4. The Bertz CT molecular complexity index is 464. The molecule has 0 spiro atoms. The summed E-state index contributed by atoms with van der Waals surface area (Å²) in [5.74, 6) is -0.493. The third kappa shape index (κ3) is 4.23. The van der Waals surface area contributed by atoms with Gasteiger partial charge in [0.15, 0.2) is 0 Å². The first-order chi connectivity index (χ1) is 7.74. The highest BCUT2D eigenvalue weighted by molar-refractivity contribution is 7.86. The molecule has 0 aliphatic carbocycles. The van der Waals surface area contributed by atoms with E-state index in [1.54, 1.807) is 0 Å². The average molecular weight is 270 g/mol. The molecule has 0 aromatic heterocycles. The van der Waals surface area contributed by atoms with E-state index >= 15 is 0 Å². The Hall–Kier alpha value is -1.28. The predicted molar refractivity (Wildman–Crippen MR) is 51.9 cm³/mol. The quantitative estimate of drug-likeness (QED) is 0.788. The molecule has 1 aromatic carbocycles. The number of hydrogen-bond donors (Lipinski definition) is 0. The van der Waals surface area contributed by atoms with Crippen LogP contribution in [0.4, 0.5) is 13.2 Å². The van der Waals surface area contributed by atoms with Crippen LogP contribution in [0.1, 0.15) is 6.92 Å². The molecule has 8 heteroatoms. The number of benzene rings is 1. The Morgan fingerprint density at radius 1 is 1.18 bits per heavy atom. The van der Waals surface area contributed by atoms with Gasteiger partial charge in [0.2, 0.25) is 0 Å². The Kier molecular flexibility index (Phi) is 3.99. The summed E-state index contributed by atoms with van der Waals surface area (Å²) in [7, 11) is -3.91. The molecule has 96 valence electrons. The highest BCUT2D eigenvalue weighted by atomic mass is 32.2. The molecule has 0 unspecified atom stereocenters. The van der Waals surface area contributed by atoms with Crippen LogP contribution in [0.2, 0.25) is 0 Å². The minimum Gasteiger partial charge on any atom is -0.406 e. The van der Waals surface area contributed by atoms with Crippen LogP contribution < -0.4 is 4.74 Å². The van der Waals surface area contributed by atoms with E-state index in [4.69, 9.17) is 0 Å². The molecule has 0 N–H and O–H groups in total. The summed E-state index contributed by atoms with van der Waals surface area (Å²) in [4.78, 5) is -0.228. The van der Waals surface area contributed by atoms with Gasteiger partial charge in [-0.2, -0.15) is 8.42 Å². The molecule has 0 radical (unpaired) electrons. The van der Waals surface area contributed by atoms with Crippen molar-refractivity contribution in [1.82, 2.24) is 0 Å². The van der Waals surface area contributed by atoms with Crippen LogP contribution in [-0.2, 0) is 14.3 Å². The van der Waals surface area contributed by atoms with E-state index in [0.717, 1.165) is 24.3 Å². The van der Waals surface area contributed by atoms with E-state index in [-0.39, 0.29) is 11.5 Å². The Balaban J connectivity index is 2.89. The van der Waals surface area contributed by atoms with Crippen molar-refractivity contribution in [1.29, 1.82) is 0 Å². The van der Waals surface area contributed by atoms with E-state index < -0.39 is 22.2 Å². The molecule has 0 saturated heterocycles. The summed E-state index contributed by atoms with van der Waals surface area (Å²) in [6.07, 6.45) is -4.81. The lowest BCUT2D eigenvalue weighted by Crippen LogP contribution is -2.17. The van der Waals surface area contributed by atoms with E-state index in [2.05, 4.69) is 8.92 Å². The zero-order valence-electron chi connectivity index (χ0n) is 8.69. The monoisotopic (exact) mass is 270 g/mol. The molecule has 1 rings (SSSR count). The molecule has 4 nitrogen and oxygen atoms in total. The minimum atomic E-state index is -4.81. The number of hydrogen-bond acceptors (Lipinski definition) is 4. The lowest BCUT2D eigenvalue weighted by molar-refractivity contribution is -0.274. The van der Waals surface area contributed by atoms with Crippen LogP contribution in [0.3, 0.4) is 0 Å². The van der Waals surface area contributed by atoms with Crippen LogP contribution in [0.25, 0.3) is 0 Å². The van der Waals surface area contributed by atoms with Crippen molar-refractivity contribution < 1.29 is 30.5 Å². The largest absolute Gasteiger partial charge is 0.573 e. The normalized spacial score (nSPS) is 12.5. The van der Waals surface area contributed by atoms with Crippen LogP contribution in [0, 0.1) is 0 Å². The van der Waals surface area contributed by atoms with Crippen molar-refractivity contribution in [3.63, 3.8) is 0 Å². The third-order valence-electron chi connectivity index (χ3n) is 1.62. The standard InChI is InChI=1S/C9H9F3O4S/c1-2-15-17(13,14)8-5-3-7(4-6-8)16-9(10,11)12/h3-6H,2H2,1H3. The number of halogens is 3. The van der Waals surface area contributed by atoms with E-state index in [9.17, 15) is 21.6 Å². The van der Waals surface area contributed by atoms with Gasteiger partial charge in [-0.1, -0.05) is 0 Å². The summed E-state index contributed by atoms with van der Waals surface area (Å²) in [5, 5.41) is 0. The Morgan fingerprint density at radius 3 is 2.12 bits per heavy atom. The Labute approximate surface area is 96.1 Å². The van der Waals surface area contributed by atoms with Crippen molar-refractivity contribution in [3.8, 4) is 5.75 Å². The summed E-state index contributed by atoms with van der Waals surface area (Å²) < 4.78 is 66.2. The van der Waals surface area contributed by atoms with E-state index in [1.807, 2.05) is 0 Å². The first-order valence-electron chi connectivity index (χ1n) is 4.50. The number of ether oxygens (including phenoxy) is 1. The van der Waals surface area contributed by atoms with Gasteiger partial charge < -0.3 is 4.74 Å². The van der Waals surface area contributed by atoms with Crippen LogP contribution in [0.15, 0.2) is 29.2 Å². The van der Waals surface area contributed by atoms with Crippen molar-refractivity contribution in [2.45, 2.75) is 18.2 Å². The fraction of sp³-hybridized carbons (Fsp3) is 0.333. The van der Waals surface area contributed by atoms with Gasteiger partial charge in [-0.05, 0) is 31.2 Å². The van der Waals surface area contributed by atoms with Gasteiger partial charge in [0.25, 0.3) is 10.1 Å². The first-order valence-corrected chi connectivity index (χ1v) is 5.90. The summed E-state index contributed by atoms with van der Waals surface area (Å²) in [6, 6.07) is 3.76. The van der Waals surface area contributed by atoms with Gasteiger partial charge in [-0.25, -0.2) is 0 Å². The van der Waals surface area contributed by atoms with E-state index in [0.29, 0.717) is 0 Å². The SMILES string of the molecule is CCOS(=O)(=O)c1ccc(OC(F)(F)F)cc1. The predicted octanol–water partition coefficient (Wildman–Crippen LogP) is 2.31. The highest BCUT2D eigenvalue weighted by Gasteiger charge is 2.31. The molecule has 17 heavy (non-hydrogen) atoms. The van der Waals surface area contributed by atoms with Crippen molar-refractivity contribution in [3.05, 3.63) is 24.3 Å². The van der Waals surface area contributed by atoms with Crippen LogP contribution in [-0.4, -0.2) is 21.4 Å². The highest BCUT2D eigenvalue weighted by Crippen LogP contribution is 2.24. The van der Waals surface area contributed by atoms with Crippen molar-refractivity contribution >= 4 is 10.1 Å². The van der Waals surface area contributed by atoms with Gasteiger partial charge in [-0.15, -0.1) is 13.2 Å². The van der Waals surface area contributed by atoms with Crippen molar-refractivity contribution in [2.75, 3.05) is 6.61 Å². The van der Waals surface area contributed by atoms with Gasteiger partial charge in [-0.3, -0.25) is 4.18 Å². The topological polar surface area (TPSA) is 52.6 Å². The average Bonchev–Trinajstić information content (AvgIpc) is 2.15. The molecular formula is C9H9F3O4S. The molecule has 1 aromatic rings. The summed E-state index contributed by atoms with van der Waals surface area (Å²) in [5.41, 5.74) is 0.